The molecule has 0 atom stereocenters. The fourth-order valence-corrected chi connectivity index (χ4v) is 5.50. The lowest BCUT2D eigenvalue weighted by molar-refractivity contribution is -0.143. The Morgan fingerprint density at radius 1 is 0.667 bits per heavy atom. The Balaban J connectivity index is 1.69. The van der Waals surface area contributed by atoms with Gasteiger partial charge in [0, 0.05) is 0 Å². The third-order valence-corrected chi connectivity index (χ3v) is 7.77. The summed E-state index contributed by atoms with van der Waals surface area (Å²) in [7, 11) is 2.70. The first-order chi connectivity index (χ1) is 24.6. The molecular formula is C37H35Cl2NO11. The van der Waals surface area contributed by atoms with Gasteiger partial charge in [-0.3, -0.25) is 4.79 Å². The molecule has 51 heavy (non-hydrogen) atoms. The van der Waals surface area contributed by atoms with Crippen molar-refractivity contribution in [1.29, 1.82) is 0 Å². The van der Waals surface area contributed by atoms with Gasteiger partial charge in [0.1, 0.15) is 37.6 Å². The zero-order valence-corrected chi connectivity index (χ0v) is 29.2. The molecule has 0 aliphatic rings. The van der Waals surface area contributed by atoms with E-state index >= 15 is 0 Å². The number of halogens is 2. The topological polar surface area (TPSA) is 156 Å². The number of aliphatic carboxylic acids is 1. The summed E-state index contributed by atoms with van der Waals surface area (Å²) in [6.07, 6.45) is 0. The molecule has 0 heterocycles. The number of carbonyl (C=O) groups is 4. The van der Waals surface area contributed by atoms with Gasteiger partial charge in [-0.05, 0) is 46.5 Å². The quantitative estimate of drug-likeness (QED) is 0.0905. The van der Waals surface area contributed by atoms with Gasteiger partial charge in [-0.2, -0.15) is 0 Å². The Bertz CT molecular complexity index is 1710. The second-order valence-electron chi connectivity index (χ2n) is 10.8. The molecule has 0 bridgehead atoms. The number of amides is 1. The van der Waals surface area contributed by atoms with Gasteiger partial charge in [-0.15, -0.1) is 0 Å². The van der Waals surface area contributed by atoms with Crippen LogP contribution in [-0.2, 0) is 41.8 Å². The third kappa shape index (κ3) is 11.2. The van der Waals surface area contributed by atoms with E-state index in [-0.39, 0.29) is 59.1 Å². The van der Waals surface area contributed by atoms with E-state index in [1.54, 1.807) is 24.3 Å². The Kier molecular flexibility index (Phi) is 14.6. The average Bonchev–Trinajstić information content (AvgIpc) is 3.13. The first-order valence-corrected chi connectivity index (χ1v) is 16.2. The van der Waals surface area contributed by atoms with Gasteiger partial charge in [-0.1, -0.05) is 83.9 Å². The normalized spacial score (nSPS) is 10.8. The molecule has 12 nitrogen and oxygen atoms in total. The molecule has 0 fully saturated rings. The number of benzene rings is 4. The van der Waals surface area contributed by atoms with Gasteiger partial charge in [0.15, 0.2) is 11.5 Å². The minimum Gasteiger partial charge on any atom is -0.494 e. The Labute approximate surface area is 304 Å². The number of carbonyl (C=O) groups excluding carboxylic acids is 3. The molecule has 0 aromatic heterocycles. The van der Waals surface area contributed by atoms with E-state index in [2.05, 4.69) is 5.32 Å². The molecule has 0 aliphatic carbocycles. The summed E-state index contributed by atoms with van der Waals surface area (Å²) in [6, 6.07) is 22.9. The molecule has 0 spiro atoms. The van der Waals surface area contributed by atoms with Crippen LogP contribution < -0.4 is 14.8 Å². The summed E-state index contributed by atoms with van der Waals surface area (Å²) in [5, 5.41) is 11.6. The molecule has 14 heteroatoms. The molecule has 0 radical (unpaired) electrons. The van der Waals surface area contributed by atoms with E-state index in [9.17, 15) is 19.2 Å². The molecule has 0 saturated heterocycles. The van der Waals surface area contributed by atoms with Crippen molar-refractivity contribution in [3.63, 3.8) is 0 Å². The predicted molar refractivity (Wildman–Crippen MR) is 186 cm³/mol. The fraction of sp³-hybridized carbons (Fsp3) is 0.243. The molecule has 4 aromatic rings. The smallest absolute Gasteiger partial charge is 0.342 e. The number of carboxylic acids is 1. The fourth-order valence-electron chi connectivity index (χ4n) is 4.89. The highest BCUT2D eigenvalue weighted by molar-refractivity contribution is 6.33. The van der Waals surface area contributed by atoms with E-state index in [1.807, 2.05) is 36.4 Å². The van der Waals surface area contributed by atoms with E-state index in [4.69, 9.17) is 56.7 Å². The predicted octanol–water partition coefficient (Wildman–Crippen LogP) is 6.05. The number of methoxy groups -OCH3 is 2. The minimum absolute atomic E-state index is 0.0240. The SMILES string of the molecule is COc1c(Cl)cc(C(NC(=O)COCCOCC(=O)O)c2cc(Cl)c(OC)c(C(=O)OCc3ccccc3)c2)cc1C(=O)OCc1ccccc1. The Morgan fingerprint density at radius 2 is 1.10 bits per heavy atom. The maximum Gasteiger partial charge on any atom is 0.342 e. The zero-order valence-electron chi connectivity index (χ0n) is 27.7. The van der Waals surface area contributed by atoms with Crippen molar-refractivity contribution in [2.45, 2.75) is 19.3 Å². The molecule has 1 amide bonds. The number of rotatable bonds is 18. The molecular weight excluding hydrogens is 705 g/mol. The van der Waals surface area contributed by atoms with Gasteiger partial charge in [0.25, 0.3) is 0 Å². The number of nitrogens with one attached hydrogen (secondary N) is 1. The number of hydrogen-bond acceptors (Lipinski definition) is 10. The summed E-state index contributed by atoms with van der Waals surface area (Å²) in [5.74, 6) is -3.14. The first kappa shape index (κ1) is 38.7. The third-order valence-electron chi connectivity index (χ3n) is 7.21. The Morgan fingerprint density at radius 3 is 1.51 bits per heavy atom. The van der Waals surface area contributed by atoms with Crippen LogP contribution in [0.5, 0.6) is 11.5 Å². The van der Waals surface area contributed by atoms with Gasteiger partial charge in [-0.25, -0.2) is 14.4 Å². The van der Waals surface area contributed by atoms with E-state index < -0.39 is 43.1 Å². The summed E-state index contributed by atoms with van der Waals surface area (Å²) in [5.41, 5.74) is 2.06. The van der Waals surface area contributed by atoms with Crippen LogP contribution in [0.15, 0.2) is 84.9 Å². The second kappa shape index (κ2) is 19.3. The van der Waals surface area contributed by atoms with Gasteiger partial charge >= 0.3 is 17.9 Å². The molecule has 4 rings (SSSR count). The lowest BCUT2D eigenvalue weighted by atomic mass is 9.94. The molecule has 0 saturated carbocycles. The van der Waals surface area contributed by atoms with Crippen molar-refractivity contribution in [3.05, 3.63) is 128 Å². The summed E-state index contributed by atoms with van der Waals surface area (Å²) < 4.78 is 32.3. The highest BCUT2D eigenvalue weighted by Crippen LogP contribution is 2.38. The van der Waals surface area contributed by atoms with E-state index in [0.717, 1.165) is 11.1 Å². The first-order valence-electron chi connectivity index (χ1n) is 15.4. The minimum atomic E-state index is -1.14. The van der Waals surface area contributed by atoms with Gasteiger partial charge in [0.05, 0.1) is 43.5 Å². The average molecular weight is 741 g/mol. The number of carboxylic acid groups (broad SMARTS) is 1. The zero-order chi connectivity index (χ0) is 36.8. The summed E-state index contributed by atoms with van der Waals surface area (Å²) in [6.45, 7) is -1.14. The lowest BCUT2D eigenvalue weighted by Crippen LogP contribution is -2.33. The van der Waals surface area contributed by atoms with Crippen molar-refractivity contribution < 1.29 is 52.7 Å². The van der Waals surface area contributed by atoms with E-state index in [0.29, 0.717) is 11.1 Å². The van der Waals surface area contributed by atoms with Crippen LogP contribution in [-0.4, -0.2) is 69.6 Å². The summed E-state index contributed by atoms with van der Waals surface area (Å²) >= 11 is 13.3. The molecule has 268 valence electrons. The van der Waals surface area contributed by atoms with Crippen LogP contribution in [0.1, 0.15) is 49.0 Å². The lowest BCUT2D eigenvalue weighted by Gasteiger charge is -2.23. The number of hydrogen-bond donors (Lipinski definition) is 2. The van der Waals surface area contributed by atoms with E-state index in [1.165, 1.54) is 38.5 Å². The number of ether oxygens (including phenoxy) is 6. The standard InChI is InChI=1S/C37H35Cl2NO11/c1-46-34-27(36(44)50-19-23-9-5-3-6-10-23)15-25(17-29(34)38)33(40-31(41)21-48-13-14-49-22-32(42)43)26-16-28(35(47-2)30(39)18-26)37(45)51-20-24-11-7-4-8-12-24/h3-12,15-18,33H,13-14,19-22H2,1-2H3,(H,40,41)(H,42,43). The van der Waals surface area contributed by atoms with Crippen molar-refractivity contribution in [2.75, 3.05) is 40.6 Å². The Hall–Kier alpha value is -5.14. The largest absolute Gasteiger partial charge is 0.494 e. The van der Waals surface area contributed by atoms with Gasteiger partial charge < -0.3 is 38.8 Å². The molecule has 2 N–H and O–H groups in total. The second-order valence-corrected chi connectivity index (χ2v) is 11.6. The maximum atomic E-state index is 13.4. The molecule has 0 aliphatic heterocycles. The van der Waals surface area contributed by atoms with Crippen molar-refractivity contribution in [1.82, 2.24) is 5.32 Å². The number of esters is 2. The van der Waals surface area contributed by atoms with Crippen LogP contribution in [0, 0.1) is 0 Å². The van der Waals surface area contributed by atoms with Crippen LogP contribution in [0.3, 0.4) is 0 Å². The van der Waals surface area contributed by atoms with Crippen molar-refractivity contribution in [3.8, 4) is 11.5 Å². The van der Waals surface area contributed by atoms with Crippen LogP contribution >= 0.6 is 23.2 Å². The molecule has 4 aromatic carbocycles. The highest BCUT2D eigenvalue weighted by atomic mass is 35.5. The maximum absolute atomic E-state index is 13.4. The van der Waals surface area contributed by atoms with Crippen molar-refractivity contribution in [2.24, 2.45) is 0 Å². The van der Waals surface area contributed by atoms with Gasteiger partial charge in [0.2, 0.25) is 5.91 Å². The monoisotopic (exact) mass is 739 g/mol. The van der Waals surface area contributed by atoms with Crippen molar-refractivity contribution >= 4 is 47.0 Å². The van der Waals surface area contributed by atoms with Crippen LogP contribution in [0.25, 0.3) is 0 Å². The van der Waals surface area contributed by atoms with Crippen LogP contribution in [0.2, 0.25) is 10.0 Å². The molecule has 0 unspecified atom stereocenters. The highest BCUT2D eigenvalue weighted by Gasteiger charge is 2.27. The summed E-state index contributed by atoms with van der Waals surface area (Å²) in [4.78, 5) is 50.7. The van der Waals surface area contributed by atoms with Crippen LogP contribution in [0.4, 0.5) is 0 Å².